The Morgan fingerprint density at radius 3 is 2.71 bits per heavy atom. The summed E-state index contributed by atoms with van der Waals surface area (Å²) in [5, 5.41) is 3.51. The van der Waals surface area contributed by atoms with E-state index in [-0.39, 0.29) is 17.3 Å². The third-order valence-corrected chi connectivity index (χ3v) is 4.33. The van der Waals surface area contributed by atoms with Crippen LogP contribution in [0.25, 0.3) is 11.0 Å². The average Bonchev–Trinajstić information content (AvgIpc) is 2.52. The maximum atomic E-state index is 11.4. The lowest BCUT2D eigenvalue weighted by Crippen LogP contribution is -2.36. The molecule has 0 bridgehead atoms. The van der Waals surface area contributed by atoms with Crippen molar-refractivity contribution in [3.05, 3.63) is 17.8 Å². The number of aromatic nitrogens is 3. The molecule has 0 aliphatic rings. The topological polar surface area (TPSA) is 93.8 Å². The van der Waals surface area contributed by atoms with Crippen molar-refractivity contribution < 1.29 is 4.79 Å². The Bertz CT molecular complexity index is 731. The van der Waals surface area contributed by atoms with Gasteiger partial charge in [-0.3, -0.25) is 4.98 Å². The van der Waals surface area contributed by atoms with Crippen molar-refractivity contribution in [3.8, 4) is 0 Å². The van der Waals surface area contributed by atoms with Crippen LogP contribution < -0.4 is 11.1 Å². The highest BCUT2D eigenvalue weighted by Crippen LogP contribution is 2.29. The standard InChI is InChI=1S/C18H27N5O/c1-5-6-9-18(4,10-7-13(3)24)23-16-15-14(21-17(19)22-16)12(2)8-11-20-15/h8,11H,5-7,9-10H2,1-4H3,(H3,19,21,22,23)/t18-/m0/s1. The molecule has 3 N–H and O–H groups in total. The lowest BCUT2D eigenvalue weighted by atomic mass is 9.89. The molecule has 0 aliphatic carbocycles. The van der Waals surface area contributed by atoms with Crippen molar-refractivity contribution in [1.29, 1.82) is 0 Å². The molecule has 2 heterocycles. The molecule has 0 saturated heterocycles. The first-order valence-corrected chi connectivity index (χ1v) is 8.51. The number of carbonyl (C=O) groups excluding carboxylic acids is 1. The molecule has 0 radical (unpaired) electrons. The van der Waals surface area contributed by atoms with E-state index in [1.54, 1.807) is 13.1 Å². The van der Waals surface area contributed by atoms with Gasteiger partial charge < -0.3 is 15.8 Å². The molecule has 0 saturated carbocycles. The second-order valence-electron chi connectivity index (χ2n) is 6.75. The first-order valence-electron chi connectivity index (χ1n) is 8.51. The number of ketones is 1. The van der Waals surface area contributed by atoms with Crippen LogP contribution in [-0.2, 0) is 4.79 Å². The molecule has 2 aromatic heterocycles. The monoisotopic (exact) mass is 329 g/mol. The predicted molar refractivity (Wildman–Crippen MR) is 98.0 cm³/mol. The van der Waals surface area contributed by atoms with Gasteiger partial charge in [-0.15, -0.1) is 0 Å². The number of carbonyl (C=O) groups is 1. The number of pyridine rings is 1. The van der Waals surface area contributed by atoms with Gasteiger partial charge >= 0.3 is 0 Å². The predicted octanol–water partition coefficient (Wildman–Crippen LogP) is 3.65. The Hall–Kier alpha value is -2.24. The van der Waals surface area contributed by atoms with Crippen molar-refractivity contribution in [1.82, 2.24) is 15.0 Å². The van der Waals surface area contributed by atoms with E-state index in [1.165, 1.54) is 0 Å². The van der Waals surface area contributed by atoms with E-state index >= 15 is 0 Å². The molecule has 0 unspecified atom stereocenters. The quantitative estimate of drug-likeness (QED) is 0.768. The Balaban J connectivity index is 2.39. The number of Topliss-reactive ketones (excluding diaryl/α,β-unsaturated/α-hetero) is 1. The van der Waals surface area contributed by atoms with E-state index in [4.69, 9.17) is 5.73 Å². The molecule has 130 valence electrons. The highest BCUT2D eigenvalue weighted by atomic mass is 16.1. The molecule has 6 nitrogen and oxygen atoms in total. The number of hydrogen-bond acceptors (Lipinski definition) is 6. The van der Waals surface area contributed by atoms with Gasteiger partial charge in [0.1, 0.15) is 11.3 Å². The van der Waals surface area contributed by atoms with Gasteiger partial charge in [-0.2, -0.15) is 4.98 Å². The van der Waals surface area contributed by atoms with Gasteiger partial charge in [-0.05, 0) is 45.2 Å². The Morgan fingerprint density at radius 2 is 2.04 bits per heavy atom. The largest absolute Gasteiger partial charge is 0.368 e. The van der Waals surface area contributed by atoms with Crippen molar-refractivity contribution in [3.63, 3.8) is 0 Å². The van der Waals surface area contributed by atoms with E-state index in [9.17, 15) is 4.79 Å². The van der Waals surface area contributed by atoms with Crippen molar-refractivity contribution in [2.24, 2.45) is 0 Å². The first kappa shape index (κ1) is 18.1. The second-order valence-corrected chi connectivity index (χ2v) is 6.75. The van der Waals surface area contributed by atoms with Gasteiger partial charge in [0.25, 0.3) is 0 Å². The minimum Gasteiger partial charge on any atom is -0.368 e. The number of unbranched alkanes of at least 4 members (excludes halogenated alkanes) is 1. The van der Waals surface area contributed by atoms with Gasteiger partial charge in [-0.25, -0.2) is 4.98 Å². The third-order valence-electron chi connectivity index (χ3n) is 4.33. The summed E-state index contributed by atoms with van der Waals surface area (Å²) in [7, 11) is 0. The van der Waals surface area contributed by atoms with E-state index in [1.807, 2.05) is 13.0 Å². The van der Waals surface area contributed by atoms with Crippen LogP contribution in [0.15, 0.2) is 12.3 Å². The lowest BCUT2D eigenvalue weighted by Gasteiger charge is -2.31. The fraction of sp³-hybridized carbons (Fsp3) is 0.556. The highest BCUT2D eigenvalue weighted by Gasteiger charge is 2.26. The SMILES string of the molecule is CCCC[C@@](C)(CCC(C)=O)Nc1nc(N)nc2c(C)ccnc12. The molecule has 0 fully saturated rings. The molecule has 1 atom stereocenters. The van der Waals surface area contributed by atoms with E-state index in [0.29, 0.717) is 12.2 Å². The van der Waals surface area contributed by atoms with Crippen LogP contribution >= 0.6 is 0 Å². The van der Waals surface area contributed by atoms with Crippen LogP contribution in [0.4, 0.5) is 11.8 Å². The molecular weight excluding hydrogens is 302 g/mol. The number of nitrogens with one attached hydrogen (secondary N) is 1. The fourth-order valence-corrected chi connectivity index (χ4v) is 2.81. The van der Waals surface area contributed by atoms with Crippen LogP contribution in [0, 0.1) is 6.92 Å². The number of anilines is 2. The first-order chi connectivity index (χ1) is 11.3. The number of aryl methyl sites for hydroxylation is 1. The number of nitrogen functional groups attached to an aromatic ring is 1. The van der Waals surface area contributed by atoms with Gasteiger partial charge in [0.05, 0.1) is 5.52 Å². The summed E-state index contributed by atoms with van der Waals surface area (Å²) in [5.74, 6) is 1.06. The number of rotatable bonds is 8. The zero-order valence-corrected chi connectivity index (χ0v) is 15.0. The van der Waals surface area contributed by atoms with Crippen LogP contribution in [0.5, 0.6) is 0 Å². The molecule has 0 aromatic carbocycles. The smallest absolute Gasteiger partial charge is 0.222 e. The van der Waals surface area contributed by atoms with Gasteiger partial charge in [0.15, 0.2) is 5.82 Å². The van der Waals surface area contributed by atoms with Gasteiger partial charge in [0.2, 0.25) is 5.95 Å². The van der Waals surface area contributed by atoms with Gasteiger partial charge in [-0.1, -0.05) is 19.8 Å². The Kier molecular flexibility index (Phi) is 5.70. The summed E-state index contributed by atoms with van der Waals surface area (Å²) in [6.45, 7) is 7.90. The van der Waals surface area contributed by atoms with E-state index in [0.717, 1.165) is 42.3 Å². The Labute approximate surface area is 143 Å². The number of nitrogens with two attached hydrogens (primary N) is 1. The summed E-state index contributed by atoms with van der Waals surface area (Å²) in [4.78, 5) is 24.6. The van der Waals surface area contributed by atoms with E-state index < -0.39 is 0 Å². The maximum absolute atomic E-state index is 11.4. The van der Waals surface area contributed by atoms with Crippen LogP contribution in [0.2, 0.25) is 0 Å². The minimum atomic E-state index is -0.235. The lowest BCUT2D eigenvalue weighted by molar-refractivity contribution is -0.117. The molecule has 2 aromatic rings. The second kappa shape index (κ2) is 7.55. The summed E-state index contributed by atoms with van der Waals surface area (Å²) in [5.41, 5.74) is 8.14. The molecule has 0 spiro atoms. The summed E-state index contributed by atoms with van der Waals surface area (Å²) < 4.78 is 0. The third kappa shape index (κ3) is 4.40. The average molecular weight is 329 g/mol. The van der Waals surface area contributed by atoms with Crippen molar-refractivity contribution in [2.75, 3.05) is 11.1 Å². The molecule has 24 heavy (non-hydrogen) atoms. The van der Waals surface area contributed by atoms with Crippen LogP contribution in [0.1, 0.15) is 58.4 Å². The zero-order chi connectivity index (χ0) is 17.7. The van der Waals surface area contributed by atoms with Crippen LogP contribution in [0.3, 0.4) is 0 Å². The summed E-state index contributed by atoms with van der Waals surface area (Å²) in [6, 6.07) is 1.91. The molecule has 6 heteroatoms. The zero-order valence-electron chi connectivity index (χ0n) is 15.0. The molecule has 0 aliphatic heterocycles. The number of hydrogen-bond donors (Lipinski definition) is 2. The molecular formula is C18H27N5O. The maximum Gasteiger partial charge on any atom is 0.222 e. The van der Waals surface area contributed by atoms with Crippen molar-refractivity contribution in [2.45, 2.75) is 65.3 Å². The minimum absolute atomic E-state index is 0.195. The molecule has 0 amide bonds. The molecule has 2 rings (SSSR count). The Morgan fingerprint density at radius 1 is 1.29 bits per heavy atom. The number of fused-ring (bicyclic) bond motifs is 1. The highest BCUT2D eigenvalue weighted by molar-refractivity contribution is 5.88. The summed E-state index contributed by atoms with van der Waals surface area (Å²) in [6.07, 6.45) is 6.17. The van der Waals surface area contributed by atoms with Gasteiger partial charge in [0, 0.05) is 18.2 Å². The summed E-state index contributed by atoms with van der Waals surface area (Å²) >= 11 is 0. The normalized spacial score (nSPS) is 13.7. The van der Waals surface area contributed by atoms with E-state index in [2.05, 4.69) is 34.1 Å². The van der Waals surface area contributed by atoms with Crippen LogP contribution in [-0.4, -0.2) is 26.3 Å². The number of nitrogens with zero attached hydrogens (tertiary/aromatic N) is 3. The van der Waals surface area contributed by atoms with Crippen molar-refractivity contribution >= 4 is 28.6 Å². The fourth-order valence-electron chi connectivity index (χ4n) is 2.81.